The molecule has 1 aromatic carbocycles. The van der Waals surface area contributed by atoms with Crippen LogP contribution in [0.4, 0.5) is 0 Å². The summed E-state index contributed by atoms with van der Waals surface area (Å²) in [6, 6.07) is 8.54. The first-order valence-electron chi connectivity index (χ1n) is 9.54. The van der Waals surface area contributed by atoms with Crippen molar-refractivity contribution in [2.24, 2.45) is 0 Å². The quantitative estimate of drug-likeness (QED) is 0.698. The van der Waals surface area contributed by atoms with Gasteiger partial charge in [0.2, 0.25) is 5.88 Å². The van der Waals surface area contributed by atoms with Crippen molar-refractivity contribution in [2.45, 2.75) is 58.5 Å². The van der Waals surface area contributed by atoms with Crippen molar-refractivity contribution >= 4 is 0 Å². The van der Waals surface area contributed by atoms with E-state index in [9.17, 15) is 0 Å². The number of ether oxygens (including phenoxy) is 1. The van der Waals surface area contributed by atoms with Gasteiger partial charge in [-0.1, -0.05) is 17.7 Å². The zero-order valence-corrected chi connectivity index (χ0v) is 16.1. The van der Waals surface area contributed by atoms with Crippen LogP contribution in [-0.2, 0) is 0 Å². The minimum atomic E-state index is 0.190. The first kappa shape index (κ1) is 17.6. The molecule has 0 unspecified atom stereocenters. The summed E-state index contributed by atoms with van der Waals surface area (Å²) in [5.41, 5.74) is 3.28. The molecule has 0 atom stereocenters. The van der Waals surface area contributed by atoms with Crippen molar-refractivity contribution in [3.05, 3.63) is 59.6 Å². The van der Waals surface area contributed by atoms with E-state index in [1.54, 1.807) is 12.4 Å². The number of aryl methyl sites for hydroxylation is 3. The fourth-order valence-corrected chi connectivity index (χ4v) is 3.71. The molecule has 27 heavy (non-hydrogen) atoms. The van der Waals surface area contributed by atoms with E-state index in [-0.39, 0.29) is 6.10 Å². The van der Waals surface area contributed by atoms with Crippen molar-refractivity contribution in [1.82, 2.24) is 24.7 Å². The number of hydrogen-bond donors (Lipinski definition) is 0. The molecule has 1 saturated carbocycles. The third kappa shape index (κ3) is 3.84. The smallest absolute Gasteiger partial charge is 0.232 e. The highest BCUT2D eigenvalue weighted by atomic mass is 16.5. The van der Waals surface area contributed by atoms with Crippen LogP contribution in [0.25, 0.3) is 5.69 Å². The molecule has 1 aliphatic rings. The minimum Gasteiger partial charge on any atom is -0.473 e. The predicted molar refractivity (Wildman–Crippen MR) is 103 cm³/mol. The topological polar surface area (TPSA) is 65.7 Å². The van der Waals surface area contributed by atoms with E-state index >= 15 is 0 Å². The Morgan fingerprint density at radius 3 is 2.30 bits per heavy atom. The Kier molecular flexibility index (Phi) is 4.88. The number of aromatic nitrogens is 5. The van der Waals surface area contributed by atoms with Gasteiger partial charge in [0.1, 0.15) is 17.8 Å². The largest absolute Gasteiger partial charge is 0.473 e. The van der Waals surface area contributed by atoms with Crippen molar-refractivity contribution in [1.29, 1.82) is 0 Å². The standard InChI is InChI=1S/C21H25N5O/c1-14-4-8-18(9-5-14)26-16(3)24-25-21(26)17-6-10-19(11-7-17)27-20-13-22-15(2)12-23-20/h4-5,8-9,12-13,17,19H,6-7,10-11H2,1-3H3. The summed E-state index contributed by atoms with van der Waals surface area (Å²) in [6.07, 6.45) is 7.68. The van der Waals surface area contributed by atoms with Crippen LogP contribution in [0, 0.1) is 20.8 Å². The lowest BCUT2D eigenvalue weighted by Crippen LogP contribution is -2.25. The molecule has 0 saturated heterocycles. The maximum Gasteiger partial charge on any atom is 0.232 e. The monoisotopic (exact) mass is 363 g/mol. The highest BCUT2D eigenvalue weighted by molar-refractivity contribution is 5.37. The van der Waals surface area contributed by atoms with Gasteiger partial charge in [-0.25, -0.2) is 4.98 Å². The van der Waals surface area contributed by atoms with Crippen molar-refractivity contribution in [3.63, 3.8) is 0 Å². The molecule has 4 rings (SSSR count). The Bertz CT molecular complexity index is 893. The van der Waals surface area contributed by atoms with Gasteiger partial charge in [-0.2, -0.15) is 0 Å². The molecule has 0 aliphatic heterocycles. The van der Waals surface area contributed by atoms with Gasteiger partial charge in [-0.15, -0.1) is 10.2 Å². The van der Waals surface area contributed by atoms with Gasteiger partial charge in [0, 0.05) is 11.6 Å². The van der Waals surface area contributed by atoms with E-state index in [0.717, 1.165) is 48.7 Å². The van der Waals surface area contributed by atoms with Crippen molar-refractivity contribution < 1.29 is 4.74 Å². The zero-order valence-electron chi connectivity index (χ0n) is 16.1. The van der Waals surface area contributed by atoms with E-state index < -0.39 is 0 Å². The molecule has 1 fully saturated rings. The van der Waals surface area contributed by atoms with E-state index in [2.05, 4.69) is 55.9 Å². The second-order valence-corrected chi connectivity index (χ2v) is 7.36. The molecule has 0 bridgehead atoms. The highest BCUT2D eigenvalue weighted by Gasteiger charge is 2.28. The van der Waals surface area contributed by atoms with Crippen LogP contribution in [0.1, 0.15) is 54.5 Å². The maximum atomic E-state index is 6.01. The molecule has 1 aliphatic carbocycles. The summed E-state index contributed by atoms with van der Waals surface area (Å²) in [4.78, 5) is 8.55. The van der Waals surface area contributed by atoms with Gasteiger partial charge in [0.25, 0.3) is 0 Å². The Balaban J connectivity index is 1.45. The molecule has 2 aromatic heterocycles. The zero-order chi connectivity index (χ0) is 18.8. The summed E-state index contributed by atoms with van der Waals surface area (Å²) in [6.45, 7) is 6.04. The molecule has 0 amide bonds. The van der Waals surface area contributed by atoms with Gasteiger partial charge in [-0.3, -0.25) is 9.55 Å². The molecular weight excluding hydrogens is 338 g/mol. The van der Waals surface area contributed by atoms with E-state index in [1.807, 2.05) is 13.8 Å². The lowest BCUT2D eigenvalue weighted by atomic mass is 9.86. The van der Waals surface area contributed by atoms with E-state index in [1.165, 1.54) is 5.56 Å². The van der Waals surface area contributed by atoms with E-state index in [4.69, 9.17) is 4.74 Å². The number of benzene rings is 1. The Hall–Kier alpha value is -2.76. The Labute approximate surface area is 159 Å². The molecule has 3 aromatic rings. The maximum absolute atomic E-state index is 6.01. The summed E-state index contributed by atoms with van der Waals surface area (Å²) >= 11 is 0. The molecule has 0 spiro atoms. The van der Waals surface area contributed by atoms with Crippen LogP contribution in [0.3, 0.4) is 0 Å². The third-order valence-electron chi connectivity index (χ3n) is 5.23. The number of nitrogens with zero attached hydrogens (tertiary/aromatic N) is 5. The number of hydrogen-bond acceptors (Lipinski definition) is 5. The second kappa shape index (κ2) is 7.47. The molecule has 6 heteroatoms. The second-order valence-electron chi connectivity index (χ2n) is 7.36. The van der Waals surface area contributed by atoms with Gasteiger partial charge in [-0.05, 0) is 58.6 Å². The molecule has 2 heterocycles. The van der Waals surface area contributed by atoms with Gasteiger partial charge in [0.15, 0.2) is 0 Å². The third-order valence-corrected chi connectivity index (χ3v) is 5.23. The number of rotatable bonds is 4. The first-order valence-corrected chi connectivity index (χ1v) is 9.54. The lowest BCUT2D eigenvalue weighted by molar-refractivity contribution is 0.138. The first-order chi connectivity index (χ1) is 13.1. The molecule has 0 radical (unpaired) electrons. The van der Waals surface area contributed by atoms with Crippen molar-refractivity contribution in [2.75, 3.05) is 0 Å². The fourth-order valence-electron chi connectivity index (χ4n) is 3.71. The fraction of sp³-hybridized carbons (Fsp3) is 0.429. The Morgan fingerprint density at radius 2 is 1.63 bits per heavy atom. The highest BCUT2D eigenvalue weighted by Crippen LogP contribution is 2.34. The lowest BCUT2D eigenvalue weighted by Gasteiger charge is -2.28. The van der Waals surface area contributed by atoms with Crippen LogP contribution in [-0.4, -0.2) is 30.8 Å². The van der Waals surface area contributed by atoms with Crippen molar-refractivity contribution in [3.8, 4) is 11.6 Å². The normalized spacial score (nSPS) is 19.8. The van der Waals surface area contributed by atoms with Crippen LogP contribution in [0.5, 0.6) is 5.88 Å². The average Bonchev–Trinajstić information content (AvgIpc) is 3.06. The summed E-state index contributed by atoms with van der Waals surface area (Å²) in [7, 11) is 0. The summed E-state index contributed by atoms with van der Waals surface area (Å²) < 4.78 is 8.20. The van der Waals surface area contributed by atoms with Crippen LogP contribution >= 0.6 is 0 Å². The molecular formula is C21H25N5O. The SMILES string of the molecule is Cc1ccc(-n2c(C)nnc2C2CCC(Oc3cnc(C)cn3)CC2)cc1. The van der Waals surface area contributed by atoms with E-state index in [0.29, 0.717) is 11.8 Å². The summed E-state index contributed by atoms with van der Waals surface area (Å²) in [5, 5.41) is 8.86. The minimum absolute atomic E-state index is 0.190. The van der Waals surface area contributed by atoms with Crippen LogP contribution < -0.4 is 4.74 Å². The molecule has 140 valence electrons. The average molecular weight is 363 g/mol. The van der Waals surface area contributed by atoms with Crippen LogP contribution in [0.15, 0.2) is 36.7 Å². The Morgan fingerprint density at radius 1 is 0.889 bits per heavy atom. The van der Waals surface area contributed by atoms with Gasteiger partial charge < -0.3 is 4.74 Å². The van der Waals surface area contributed by atoms with Gasteiger partial charge >= 0.3 is 0 Å². The summed E-state index contributed by atoms with van der Waals surface area (Å²) in [5.74, 6) is 3.01. The predicted octanol–water partition coefficient (Wildman–Crippen LogP) is 4.09. The van der Waals surface area contributed by atoms with Crippen LogP contribution in [0.2, 0.25) is 0 Å². The van der Waals surface area contributed by atoms with Gasteiger partial charge in [0.05, 0.1) is 18.1 Å². The molecule has 0 N–H and O–H groups in total. The molecule has 6 nitrogen and oxygen atoms in total.